The van der Waals surface area contributed by atoms with Crippen LogP contribution in [0.3, 0.4) is 0 Å². The van der Waals surface area contributed by atoms with Gasteiger partial charge in [-0.3, -0.25) is 4.84 Å². The molecule has 4 nitrogen and oxygen atoms in total. The van der Waals surface area contributed by atoms with E-state index in [-0.39, 0.29) is 25.2 Å². The Morgan fingerprint density at radius 1 is 1.19 bits per heavy atom. The van der Waals surface area contributed by atoms with E-state index >= 15 is 0 Å². The number of aliphatic hydroxyl groups is 2. The van der Waals surface area contributed by atoms with Gasteiger partial charge in [0.05, 0.1) is 6.61 Å². The van der Waals surface area contributed by atoms with E-state index in [0.29, 0.717) is 13.1 Å². The molecular formula is C12H17NO3. The fourth-order valence-electron chi connectivity index (χ4n) is 1.95. The Labute approximate surface area is 95.0 Å². The molecule has 2 rings (SSSR count). The summed E-state index contributed by atoms with van der Waals surface area (Å²) in [4.78, 5) is 5.54. The molecule has 0 aromatic heterocycles. The lowest BCUT2D eigenvalue weighted by atomic mass is 10.1. The highest BCUT2D eigenvalue weighted by atomic mass is 16.7. The van der Waals surface area contributed by atoms with Gasteiger partial charge < -0.3 is 10.2 Å². The van der Waals surface area contributed by atoms with Crippen LogP contribution in [0.4, 0.5) is 0 Å². The van der Waals surface area contributed by atoms with E-state index in [4.69, 9.17) is 15.1 Å². The van der Waals surface area contributed by atoms with Gasteiger partial charge in [0.1, 0.15) is 6.10 Å². The van der Waals surface area contributed by atoms with Gasteiger partial charge in [0.25, 0.3) is 0 Å². The normalized spacial score (nSPS) is 26.1. The molecule has 1 aliphatic heterocycles. The first-order valence-electron chi connectivity index (χ1n) is 5.51. The van der Waals surface area contributed by atoms with Crippen LogP contribution in [0.25, 0.3) is 0 Å². The van der Waals surface area contributed by atoms with Crippen molar-refractivity contribution in [2.24, 2.45) is 5.92 Å². The Hall–Kier alpha value is -0.940. The van der Waals surface area contributed by atoms with Crippen LogP contribution in [0.2, 0.25) is 0 Å². The summed E-state index contributed by atoms with van der Waals surface area (Å²) >= 11 is 0. The third-order valence-electron chi connectivity index (χ3n) is 2.86. The monoisotopic (exact) mass is 223 g/mol. The molecule has 1 saturated heterocycles. The zero-order valence-corrected chi connectivity index (χ0v) is 9.12. The molecule has 1 aromatic carbocycles. The molecule has 1 fully saturated rings. The summed E-state index contributed by atoms with van der Waals surface area (Å²) in [5.74, 6) is 0.00807. The molecule has 0 amide bonds. The van der Waals surface area contributed by atoms with E-state index < -0.39 is 0 Å². The Morgan fingerprint density at radius 3 is 2.50 bits per heavy atom. The van der Waals surface area contributed by atoms with Crippen molar-refractivity contribution in [1.29, 1.82) is 0 Å². The number of hydroxylamine groups is 2. The van der Waals surface area contributed by atoms with Gasteiger partial charge >= 0.3 is 0 Å². The maximum Gasteiger partial charge on any atom is 0.109 e. The van der Waals surface area contributed by atoms with E-state index in [0.717, 1.165) is 5.56 Å². The van der Waals surface area contributed by atoms with Gasteiger partial charge in [-0.2, -0.15) is 5.06 Å². The summed E-state index contributed by atoms with van der Waals surface area (Å²) < 4.78 is 0. The molecule has 1 heterocycles. The van der Waals surface area contributed by atoms with Gasteiger partial charge in [-0.25, -0.2) is 0 Å². The molecule has 4 heteroatoms. The molecule has 0 spiro atoms. The third kappa shape index (κ3) is 2.59. The minimum atomic E-state index is -0.270. The summed E-state index contributed by atoms with van der Waals surface area (Å²) in [7, 11) is 0. The molecule has 2 atom stereocenters. The highest BCUT2D eigenvalue weighted by Crippen LogP contribution is 2.21. The highest BCUT2D eigenvalue weighted by molar-refractivity contribution is 5.14. The van der Waals surface area contributed by atoms with E-state index in [9.17, 15) is 0 Å². The molecule has 1 aromatic rings. The molecular weight excluding hydrogens is 206 g/mol. The second-order valence-electron chi connectivity index (χ2n) is 4.08. The van der Waals surface area contributed by atoms with Crippen molar-refractivity contribution >= 4 is 0 Å². The lowest BCUT2D eigenvalue weighted by Crippen LogP contribution is -2.24. The van der Waals surface area contributed by atoms with Gasteiger partial charge in [0, 0.05) is 25.6 Å². The topological polar surface area (TPSA) is 52.9 Å². The largest absolute Gasteiger partial charge is 0.396 e. The zero-order chi connectivity index (χ0) is 11.4. The summed E-state index contributed by atoms with van der Waals surface area (Å²) in [5, 5.41) is 20.0. The molecule has 1 aliphatic rings. The quantitative estimate of drug-likeness (QED) is 0.776. The van der Waals surface area contributed by atoms with Gasteiger partial charge in [-0.15, -0.1) is 0 Å². The van der Waals surface area contributed by atoms with Crippen molar-refractivity contribution < 1.29 is 15.1 Å². The Morgan fingerprint density at radius 2 is 1.94 bits per heavy atom. The van der Waals surface area contributed by atoms with Crippen LogP contribution in [0.5, 0.6) is 0 Å². The van der Waals surface area contributed by atoms with E-state index in [1.165, 1.54) is 0 Å². The van der Waals surface area contributed by atoms with Gasteiger partial charge in [0.15, 0.2) is 0 Å². The lowest BCUT2D eigenvalue weighted by molar-refractivity contribution is -0.163. The average molecular weight is 223 g/mol. The van der Waals surface area contributed by atoms with Crippen LogP contribution < -0.4 is 0 Å². The molecule has 0 radical (unpaired) electrons. The molecule has 88 valence electrons. The van der Waals surface area contributed by atoms with Gasteiger partial charge in [-0.1, -0.05) is 30.3 Å². The van der Waals surface area contributed by atoms with Crippen molar-refractivity contribution in [3.05, 3.63) is 35.9 Å². The SMILES string of the molecule is OC[C@H]1CN(Cc2ccccc2)O[C@@H]1CO. The smallest absolute Gasteiger partial charge is 0.109 e. The number of rotatable bonds is 4. The first kappa shape index (κ1) is 11.5. The van der Waals surface area contributed by atoms with E-state index in [2.05, 4.69) is 0 Å². The molecule has 0 aliphatic carbocycles. The summed E-state index contributed by atoms with van der Waals surface area (Å²) in [6.07, 6.45) is -0.270. The molecule has 16 heavy (non-hydrogen) atoms. The van der Waals surface area contributed by atoms with Crippen LogP contribution in [-0.2, 0) is 11.4 Å². The Kier molecular flexibility index (Phi) is 3.90. The van der Waals surface area contributed by atoms with E-state index in [1.54, 1.807) is 5.06 Å². The first-order valence-corrected chi connectivity index (χ1v) is 5.51. The Bertz CT molecular complexity index is 305. The standard InChI is InChI=1S/C12H17NO3/c14-8-11-7-13(16-12(11)9-15)6-10-4-2-1-3-5-10/h1-5,11-12,14-15H,6-9H2/t11-,12-/m1/s1. The van der Waals surface area contributed by atoms with Crippen molar-refractivity contribution in [3.8, 4) is 0 Å². The maximum absolute atomic E-state index is 9.13. The van der Waals surface area contributed by atoms with Crippen LogP contribution in [0.1, 0.15) is 5.56 Å². The predicted molar refractivity (Wildman–Crippen MR) is 59.4 cm³/mol. The molecule has 2 N–H and O–H groups in total. The summed E-state index contributed by atoms with van der Waals surface area (Å²) in [5.41, 5.74) is 1.16. The van der Waals surface area contributed by atoms with Gasteiger partial charge in [0.2, 0.25) is 0 Å². The van der Waals surface area contributed by atoms with Crippen LogP contribution in [0.15, 0.2) is 30.3 Å². The second kappa shape index (κ2) is 5.41. The third-order valence-corrected chi connectivity index (χ3v) is 2.86. The number of aliphatic hydroxyl groups excluding tert-OH is 2. The summed E-state index contributed by atoms with van der Waals surface area (Å²) in [6, 6.07) is 10.0. The van der Waals surface area contributed by atoms with Gasteiger partial charge in [-0.05, 0) is 5.56 Å². The maximum atomic E-state index is 9.13. The van der Waals surface area contributed by atoms with Crippen LogP contribution in [0, 0.1) is 5.92 Å². The highest BCUT2D eigenvalue weighted by Gasteiger charge is 2.32. The number of benzene rings is 1. The first-order chi connectivity index (χ1) is 7.83. The lowest BCUT2D eigenvalue weighted by Gasteiger charge is -2.15. The molecule has 0 unspecified atom stereocenters. The van der Waals surface area contributed by atoms with Crippen molar-refractivity contribution in [1.82, 2.24) is 5.06 Å². The van der Waals surface area contributed by atoms with E-state index in [1.807, 2.05) is 30.3 Å². The second-order valence-corrected chi connectivity index (χ2v) is 4.08. The van der Waals surface area contributed by atoms with Crippen molar-refractivity contribution in [2.75, 3.05) is 19.8 Å². The fourth-order valence-corrected chi connectivity index (χ4v) is 1.95. The van der Waals surface area contributed by atoms with Crippen molar-refractivity contribution in [3.63, 3.8) is 0 Å². The van der Waals surface area contributed by atoms with Crippen LogP contribution in [-0.4, -0.2) is 41.1 Å². The van der Waals surface area contributed by atoms with Crippen LogP contribution >= 0.6 is 0 Å². The number of hydrogen-bond acceptors (Lipinski definition) is 4. The molecule has 0 saturated carbocycles. The number of hydrogen-bond donors (Lipinski definition) is 2. The minimum absolute atomic E-state index is 0.00807. The number of nitrogens with zero attached hydrogens (tertiary/aromatic N) is 1. The molecule has 0 bridgehead atoms. The predicted octanol–water partition coefficient (Wildman–Crippen LogP) is 0.403. The Balaban J connectivity index is 1.93. The zero-order valence-electron chi connectivity index (χ0n) is 9.12. The fraction of sp³-hybridized carbons (Fsp3) is 0.500. The average Bonchev–Trinajstić information content (AvgIpc) is 2.72. The summed E-state index contributed by atoms with van der Waals surface area (Å²) in [6.45, 7) is 1.36. The minimum Gasteiger partial charge on any atom is -0.396 e. The van der Waals surface area contributed by atoms with Crippen molar-refractivity contribution in [2.45, 2.75) is 12.6 Å².